The SMILES string of the molecule is CCCn1c(=O)n(CC(=O)OCc2nc(-c3ccsc3)no2)c2ccccc21. The molecule has 0 aliphatic rings. The zero-order valence-corrected chi connectivity index (χ0v) is 16.0. The minimum absolute atomic E-state index is 0.141. The van der Waals surface area contributed by atoms with E-state index in [9.17, 15) is 9.59 Å². The van der Waals surface area contributed by atoms with Crippen LogP contribution in [0.3, 0.4) is 0 Å². The molecule has 28 heavy (non-hydrogen) atoms. The molecule has 0 saturated heterocycles. The second-order valence-corrected chi connectivity index (χ2v) is 6.97. The summed E-state index contributed by atoms with van der Waals surface area (Å²) in [6, 6.07) is 9.28. The molecule has 0 bridgehead atoms. The van der Waals surface area contributed by atoms with E-state index < -0.39 is 5.97 Å². The van der Waals surface area contributed by atoms with Gasteiger partial charge in [0.05, 0.1) is 11.0 Å². The highest BCUT2D eigenvalue weighted by Crippen LogP contribution is 2.19. The molecule has 3 heterocycles. The number of esters is 1. The molecule has 8 nitrogen and oxygen atoms in total. The van der Waals surface area contributed by atoms with Crippen LogP contribution < -0.4 is 5.69 Å². The van der Waals surface area contributed by atoms with Crippen molar-refractivity contribution >= 4 is 28.3 Å². The van der Waals surface area contributed by atoms with E-state index in [1.165, 1.54) is 15.9 Å². The number of carbonyl (C=O) groups is 1. The summed E-state index contributed by atoms with van der Waals surface area (Å²) in [6.45, 7) is 2.27. The van der Waals surface area contributed by atoms with Crippen LogP contribution in [0.1, 0.15) is 19.2 Å². The van der Waals surface area contributed by atoms with Gasteiger partial charge in [-0.2, -0.15) is 16.3 Å². The summed E-state index contributed by atoms with van der Waals surface area (Å²) in [6.07, 6.45) is 0.821. The van der Waals surface area contributed by atoms with Crippen molar-refractivity contribution in [2.24, 2.45) is 0 Å². The highest BCUT2D eigenvalue weighted by molar-refractivity contribution is 7.08. The molecule has 3 aromatic heterocycles. The van der Waals surface area contributed by atoms with Gasteiger partial charge in [0, 0.05) is 17.5 Å². The third-order valence-corrected chi connectivity index (χ3v) is 4.95. The van der Waals surface area contributed by atoms with Crippen LogP contribution in [-0.4, -0.2) is 25.2 Å². The first kappa shape index (κ1) is 18.2. The number of para-hydroxylation sites is 2. The zero-order chi connectivity index (χ0) is 19.5. The summed E-state index contributed by atoms with van der Waals surface area (Å²) in [5, 5.41) is 7.69. The third-order valence-electron chi connectivity index (χ3n) is 4.26. The molecular weight excluding hydrogens is 380 g/mol. The largest absolute Gasteiger partial charge is 0.454 e. The van der Waals surface area contributed by atoms with Gasteiger partial charge in [-0.15, -0.1) is 0 Å². The number of rotatable bonds is 7. The van der Waals surface area contributed by atoms with Crippen LogP contribution >= 0.6 is 11.3 Å². The molecule has 0 saturated carbocycles. The Labute approximate surface area is 164 Å². The fourth-order valence-electron chi connectivity index (χ4n) is 3.00. The average Bonchev–Trinajstić information content (AvgIpc) is 3.43. The van der Waals surface area contributed by atoms with Gasteiger partial charge in [0.2, 0.25) is 5.82 Å². The molecule has 0 aliphatic heterocycles. The van der Waals surface area contributed by atoms with Gasteiger partial charge in [-0.05, 0) is 30.0 Å². The summed E-state index contributed by atoms with van der Waals surface area (Å²) in [4.78, 5) is 29.2. The van der Waals surface area contributed by atoms with Gasteiger partial charge in [0.15, 0.2) is 6.61 Å². The molecule has 0 unspecified atom stereocenters. The highest BCUT2D eigenvalue weighted by Gasteiger charge is 2.17. The summed E-state index contributed by atoms with van der Waals surface area (Å²) in [5.41, 5.74) is 2.13. The first-order valence-electron chi connectivity index (χ1n) is 8.86. The molecule has 144 valence electrons. The minimum atomic E-state index is -0.545. The van der Waals surface area contributed by atoms with Crippen LogP contribution in [0.15, 0.2) is 50.4 Å². The van der Waals surface area contributed by atoms with Crippen LogP contribution in [-0.2, 0) is 29.2 Å². The Morgan fingerprint density at radius 2 is 2.00 bits per heavy atom. The number of thiophene rings is 1. The Morgan fingerprint density at radius 3 is 2.71 bits per heavy atom. The summed E-state index contributed by atoms with van der Waals surface area (Å²) in [5.74, 6) is 0.109. The van der Waals surface area contributed by atoms with E-state index in [2.05, 4.69) is 10.1 Å². The van der Waals surface area contributed by atoms with Crippen molar-refractivity contribution in [1.29, 1.82) is 0 Å². The molecule has 0 spiro atoms. The lowest BCUT2D eigenvalue weighted by molar-refractivity contribution is -0.146. The number of aryl methyl sites for hydroxylation is 1. The lowest BCUT2D eigenvalue weighted by Gasteiger charge is -2.03. The Hall–Kier alpha value is -3.20. The van der Waals surface area contributed by atoms with Crippen molar-refractivity contribution in [3.8, 4) is 11.4 Å². The fourth-order valence-corrected chi connectivity index (χ4v) is 3.64. The number of imidazole rings is 1. The Morgan fingerprint density at radius 1 is 1.21 bits per heavy atom. The van der Waals surface area contributed by atoms with E-state index in [1.54, 1.807) is 4.57 Å². The quantitative estimate of drug-likeness (QED) is 0.444. The highest BCUT2D eigenvalue weighted by atomic mass is 32.1. The van der Waals surface area contributed by atoms with Gasteiger partial charge >= 0.3 is 11.7 Å². The van der Waals surface area contributed by atoms with Crippen molar-refractivity contribution in [2.75, 3.05) is 0 Å². The molecule has 4 rings (SSSR count). The maximum atomic E-state index is 12.7. The summed E-state index contributed by atoms with van der Waals surface area (Å²) in [7, 11) is 0. The van der Waals surface area contributed by atoms with Gasteiger partial charge in [0.25, 0.3) is 5.89 Å². The number of ether oxygens (including phenoxy) is 1. The molecule has 0 aliphatic carbocycles. The van der Waals surface area contributed by atoms with E-state index in [-0.39, 0.29) is 24.7 Å². The Bertz CT molecular complexity index is 1160. The lowest BCUT2D eigenvalue weighted by atomic mass is 10.3. The number of fused-ring (bicyclic) bond motifs is 1. The molecule has 0 atom stereocenters. The first-order valence-corrected chi connectivity index (χ1v) is 9.80. The number of benzene rings is 1. The topological polar surface area (TPSA) is 92.2 Å². The standard InChI is InChI=1S/C19H18N4O4S/c1-2-8-22-14-5-3-4-6-15(14)23(19(22)25)10-17(24)26-11-16-20-18(21-27-16)13-7-9-28-12-13/h3-7,9,12H,2,8,10-11H2,1H3. The zero-order valence-electron chi connectivity index (χ0n) is 15.2. The molecule has 0 radical (unpaired) electrons. The maximum Gasteiger partial charge on any atom is 0.329 e. The molecule has 0 N–H and O–H groups in total. The maximum absolute atomic E-state index is 12.7. The number of nitrogens with zero attached hydrogens (tertiary/aromatic N) is 4. The van der Waals surface area contributed by atoms with E-state index in [0.717, 1.165) is 17.5 Å². The van der Waals surface area contributed by atoms with Crippen LogP contribution in [0.5, 0.6) is 0 Å². The molecule has 9 heteroatoms. The van der Waals surface area contributed by atoms with E-state index >= 15 is 0 Å². The summed E-state index contributed by atoms with van der Waals surface area (Å²) >= 11 is 1.53. The van der Waals surface area contributed by atoms with Crippen LogP contribution in [0.2, 0.25) is 0 Å². The minimum Gasteiger partial charge on any atom is -0.454 e. The van der Waals surface area contributed by atoms with Crippen LogP contribution in [0, 0.1) is 0 Å². The van der Waals surface area contributed by atoms with Crippen molar-refractivity contribution < 1.29 is 14.1 Å². The van der Waals surface area contributed by atoms with Crippen LogP contribution in [0.25, 0.3) is 22.4 Å². The van der Waals surface area contributed by atoms with E-state index in [1.807, 2.05) is 48.0 Å². The predicted octanol–water partition coefficient (Wildman–Crippen LogP) is 3.07. The average molecular weight is 398 g/mol. The van der Waals surface area contributed by atoms with Gasteiger partial charge in [-0.1, -0.05) is 24.2 Å². The Balaban J connectivity index is 1.47. The molecule has 0 fully saturated rings. The monoisotopic (exact) mass is 398 g/mol. The number of carbonyl (C=O) groups excluding carboxylic acids is 1. The first-order chi connectivity index (χ1) is 13.7. The molecule has 1 aromatic carbocycles. The molecule has 4 aromatic rings. The summed E-state index contributed by atoms with van der Waals surface area (Å²) < 4.78 is 13.4. The number of aromatic nitrogens is 4. The Kier molecular flexibility index (Phi) is 5.07. The lowest BCUT2D eigenvalue weighted by Crippen LogP contribution is -2.27. The van der Waals surface area contributed by atoms with Gasteiger partial charge in [-0.25, -0.2) is 4.79 Å². The second kappa shape index (κ2) is 7.81. The van der Waals surface area contributed by atoms with Crippen molar-refractivity contribution in [2.45, 2.75) is 33.0 Å². The van der Waals surface area contributed by atoms with Gasteiger partial charge in [0.1, 0.15) is 6.54 Å². The van der Waals surface area contributed by atoms with Crippen LogP contribution in [0.4, 0.5) is 0 Å². The van der Waals surface area contributed by atoms with Gasteiger partial charge < -0.3 is 9.26 Å². The second-order valence-electron chi connectivity index (χ2n) is 6.19. The molecular formula is C19H18N4O4S. The van der Waals surface area contributed by atoms with E-state index in [0.29, 0.717) is 17.9 Å². The fraction of sp³-hybridized carbons (Fsp3) is 0.263. The normalized spacial score (nSPS) is 11.2. The van der Waals surface area contributed by atoms with Crippen molar-refractivity contribution in [1.82, 2.24) is 19.3 Å². The smallest absolute Gasteiger partial charge is 0.329 e. The van der Waals surface area contributed by atoms with Crippen molar-refractivity contribution in [3.05, 3.63) is 57.5 Å². The molecule has 0 amide bonds. The number of hydrogen-bond acceptors (Lipinski definition) is 7. The van der Waals surface area contributed by atoms with Crippen molar-refractivity contribution in [3.63, 3.8) is 0 Å². The number of hydrogen-bond donors (Lipinski definition) is 0. The van der Waals surface area contributed by atoms with E-state index in [4.69, 9.17) is 9.26 Å². The predicted molar refractivity (Wildman–Crippen MR) is 104 cm³/mol. The third kappa shape index (κ3) is 3.48. The van der Waals surface area contributed by atoms with Gasteiger partial charge in [-0.3, -0.25) is 13.9 Å².